The van der Waals surface area contributed by atoms with Gasteiger partial charge in [0.15, 0.2) is 5.96 Å². The Kier molecular flexibility index (Phi) is 8.40. The Bertz CT molecular complexity index is 769. The number of likely N-dealkylation sites (tertiary alicyclic amines) is 1. The van der Waals surface area contributed by atoms with Crippen LogP contribution in [0, 0.1) is 5.92 Å². The van der Waals surface area contributed by atoms with E-state index in [0.717, 1.165) is 83.5 Å². The molecule has 7 nitrogen and oxygen atoms in total. The van der Waals surface area contributed by atoms with Crippen molar-refractivity contribution in [3.05, 3.63) is 35.4 Å². The van der Waals surface area contributed by atoms with E-state index in [-0.39, 0.29) is 5.91 Å². The molecule has 3 aliphatic heterocycles. The second kappa shape index (κ2) is 11.7. The molecule has 0 aromatic heterocycles. The van der Waals surface area contributed by atoms with Gasteiger partial charge in [-0.2, -0.15) is 0 Å². The second-order valence-electron chi connectivity index (χ2n) is 9.39. The number of amides is 1. The zero-order chi connectivity index (χ0) is 22.2. The van der Waals surface area contributed by atoms with Gasteiger partial charge in [-0.3, -0.25) is 9.79 Å². The standard InChI is InChI=1S/C25H39N5O2/c1-26-25(28-23-9-13-29(14-10-23)17-20-11-16-32-19-20)27-12-4-7-24(31)30-15-8-21-5-2-3-6-22(21)18-30/h2-3,5-6,20,23H,4,7-19H2,1H3,(H2,26,27,28). The van der Waals surface area contributed by atoms with Crippen LogP contribution in [0.2, 0.25) is 0 Å². The Morgan fingerprint density at radius 2 is 1.97 bits per heavy atom. The third kappa shape index (κ3) is 6.45. The van der Waals surface area contributed by atoms with Crippen molar-refractivity contribution >= 4 is 11.9 Å². The van der Waals surface area contributed by atoms with Gasteiger partial charge in [0.25, 0.3) is 0 Å². The van der Waals surface area contributed by atoms with Crippen LogP contribution in [0.15, 0.2) is 29.3 Å². The van der Waals surface area contributed by atoms with E-state index < -0.39 is 0 Å². The van der Waals surface area contributed by atoms with E-state index in [1.54, 1.807) is 0 Å². The van der Waals surface area contributed by atoms with E-state index in [9.17, 15) is 4.79 Å². The van der Waals surface area contributed by atoms with Crippen molar-refractivity contribution in [1.82, 2.24) is 20.4 Å². The number of fused-ring (bicyclic) bond motifs is 1. The highest BCUT2D eigenvalue weighted by Crippen LogP contribution is 2.19. The SMILES string of the molecule is CN=C(NCCCC(=O)N1CCc2ccccc2C1)NC1CCN(CC2CCOC2)CC1. The molecule has 0 spiro atoms. The maximum atomic E-state index is 12.6. The molecule has 3 aliphatic rings. The summed E-state index contributed by atoms with van der Waals surface area (Å²) >= 11 is 0. The van der Waals surface area contributed by atoms with Gasteiger partial charge in [-0.1, -0.05) is 24.3 Å². The van der Waals surface area contributed by atoms with E-state index in [1.165, 1.54) is 24.1 Å². The topological polar surface area (TPSA) is 69.2 Å². The molecule has 1 unspecified atom stereocenters. The molecule has 1 atom stereocenters. The number of rotatable bonds is 7. The smallest absolute Gasteiger partial charge is 0.222 e. The summed E-state index contributed by atoms with van der Waals surface area (Å²) in [6, 6.07) is 8.92. The number of nitrogens with zero attached hydrogens (tertiary/aromatic N) is 3. The lowest BCUT2D eigenvalue weighted by Gasteiger charge is -2.34. The minimum atomic E-state index is 0.254. The normalized spacial score (nSPS) is 22.6. The molecule has 1 amide bonds. The molecule has 32 heavy (non-hydrogen) atoms. The lowest BCUT2D eigenvalue weighted by Crippen LogP contribution is -2.49. The maximum Gasteiger partial charge on any atom is 0.222 e. The van der Waals surface area contributed by atoms with E-state index >= 15 is 0 Å². The highest BCUT2D eigenvalue weighted by molar-refractivity contribution is 5.80. The molecule has 7 heteroatoms. The zero-order valence-electron chi connectivity index (χ0n) is 19.5. The van der Waals surface area contributed by atoms with Crippen molar-refractivity contribution in [2.75, 3.05) is 53.0 Å². The van der Waals surface area contributed by atoms with Crippen LogP contribution in [0.1, 0.15) is 43.2 Å². The first-order chi connectivity index (χ1) is 15.7. The first-order valence-electron chi connectivity index (χ1n) is 12.3. The van der Waals surface area contributed by atoms with Crippen molar-refractivity contribution in [2.45, 2.75) is 51.1 Å². The number of carbonyl (C=O) groups excluding carboxylic acids is 1. The van der Waals surface area contributed by atoms with Gasteiger partial charge in [-0.25, -0.2) is 0 Å². The third-order valence-electron chi connectivity index (χ3n) is 7.04. The largest absolute Gasteiger partial charge is 0.381 e. The lowest BCUT2D eigenvalue weighted by molar-refractivity contribution is -0.132. The van der Waals surface area contributed by atoms with Crippen LogP contribution < -0.4 is 10.6 Å². The van der Waals surface area contributed by atoms with Gasteiger partial charge in [0.05, 0.1) is 6.61 Å². The molecule has 0 radical (unpaired) electrons. The molecule has 0 saturated carbocycles. The van der Waals surface area contributed by atoms with Gasteiger partial charge in [0.2, 0.25) is 5.91 Å². The number of aliphatic imine (C=N–C) groups is 1. The first kappa shape index (κ1) is 23.1. The summed E-state index contributed by atoms with van der Waals surface area (Å²) in [5.41, 5.74) is 2.67. The summed E-state index contributed by atoms with van der Waals surface area (Å²) in [5, 5.41) is 6.97. The van der Waals surface area contributed by atoms with Gasteiger partial charge >= 0.3 is 0 Å². The molecular weight excluding hydrogens is 402 g/mol. The zero-order valence-corrected chi connectivity index (χ0v) is 19.5. The molecule has 2 saturated heterocycles. The Morgan fingerprint density at radius 1 is 1.16 bits per heavy atom. The summed E-state index contributed by atoms with van der Waals surface area (Å²) < 4.78 is 5.51. The van der Waals surface area contributed by atoms with Gasteiger partial charge in [0.1, 0.15) is 0 Å². The minimum Gasteiger partial charge on any atom is -0.381 e. The highest BCUT2D eigenvalue weighted by atomic mass is 16.5. The predicted octanol–water partition coefficient (Wildman–Crippen LogP) is 2.02. The summed E-state index contributed by atoms with van der Waals surface area (Å²) in [4.78, 5) is 21.6. The fourth-order valence-electron chi connectivity index (χ4n) is 5.05. The van der Waals surface area contributed by atoms with E-state index in [4.69, 9.17) is 4.74 Å². The lowest BCUT2D eigenvalue weighted by atomic mass is 9.99. The number of guanidine groups is 1. The van der Waals surface area contributed by atoms with Crippen molar-refractivity contribution < 1.29 is 9.53 Å². The predicted molar refractivity (Wildman–Crippen MR) is 128 cm³/mol. The molecule has 2 fully saturated rings. The quantitative estimate of drug-likeness (QED) is 0.385. The van der Waals surface area contributed by atoms with Crippen LogP contribution in [0.5, 0.6) is 0 Å². The molecule has 2 N–H and O–H groups in total. The van der Waals surface area contributed by atoms with Crippen molar-refractivity contribution in [3.63, 3.8) is 0 Å². The van der Waals surface area contributed by atoms with Crippen molar-refractivity contribution in [2.24, 2.45) is 10.9 Å². The fourth-order valence-corrected chi connectivity index (χ4v) is 5.05. The van der Waals surface area contributed by atoms with Crippen LogP contribution >= 0.6 is 0 Å². The third-order valence-corrected chi connectivity index (χ3v) is 7.04. The summed E-state index contributed by atoms with van der Waals surface area (Å²) in [7, 11) is 1.82. The molecule has 4 rings (SSSR count). The van der Waals surface area contributed by atoms with Crippen LogP contribution in [-0.2, 0) is 22.5 Å². The van der Waals surface area contributed by atoms with Gasteiger partial charge < -0.3 is 25.2 Å². The summed E-state index contributed by atoms with van der Waals surface area (Å²) in [6.45, 7) is 7.66. The molecule has 176 valence electrons. The fraction of sp³-hybridized carbons (Fsp3) is 0.680. The number of ether oxygens (including phenoxy) is 1. The highest BCUT2D eigenvalue weighted by Gasteiger charge is 2.24. The summed E-state index contributed by atoms with van der Waals surface area (Å²) in [5.74, 6) is 1.83. The maximum absolute atomic E-state index is 12.6. The van der Waals surface area contributed by atoms with E-state index in [1.807, 2.05) is 11.9 Å². The Balaban J connectivity index is 1.10. The molecule has 3 heterocycles. The number of piperidine rings is 1. The van der Waals surface area contributed by atoms with Gasteiger partial charge in [0, 0.05) is 65.4 Å². The summed E-state index contributed by atoms with van der Waals surface area (Å²) in [6.07, 6.45) is 5.85. The average molecular weight is 442 g/mol. The molecule has 0 aliphatic carbocycles. The molecular formula is C25H39N5O2. The number of hydrogen-bond donors (Lipinski definition) is 2. The number of benzene rings is 1. The van der Waals surface area contributed by atoms with Crippen LogP contribution in [0.4, 0.5) is 0 Å². The van der Waals surface area contributed by atoms with Crippen molar-refractivity contribution in [1.29, 1.82) is 0 Å². The molecule has 0 bridgehead atoms. The van der Waals surface area contributed by atoms with Crippen LogP contribution in [0.3, 0.4) is 0 Å². The van der Waals surface area contributed by atoms with Crippen molar-refractivity contribution in [3.8, 4) is 0 Å². The Labute approximate surface area is 192 Å². The second-order valence-corrected chi connectivity index (χ2v) is 9.39. The monoisotopic (exact) mass is 441 g/mol. The number of nitrogens with one attached hydrogen (secondary N) is 2. The van der Waals surface area contributed by atoms with Crippen LogP contribution in [-0.4, -0.2) is 80.7 Å². The number of carbonyl (C=O) groups is 1. The Morgan fingerprint density at radius 3 is 2.72 bits per heavy atom. The minimum absolute atomic E-state index is 0.254. The molecule has 1 aromatic rings. The molecule has 1 aromatic carbocycles. The van der Waals surface area contributed by atoms with Gasteiger partial charge in [-0.05, 0) is 49.1 Å². The Hall–Kier alpha value is -2.12. The number of hydrogen-bond acceptors (Lipinski definition) is 4. The van der Waals surface area contributed by atoms with E-state index in [0.29, 0.717) is 12.5 Å². The first-order valence-corrected chi connectivity index (χ1v) is 12.3. The van der Waals surface area contributed by atoms with E-state index in [2.05, 4.69) is 44.8 Å². The van der Waals surface area contributed by atoms with Crippen LogP contribution in [0.25, 0.3) is 0 Å². The van der Waals surface area contributed by atoms with Gasteiger partial charge in [-0.15, -0.1) is 0 Å². The average Bonchev–Trinajstić information content (AvgIpc) is 3.34.